The first-order chi connectivity index (χ1) is 10.7. The third-order valence-electron chi connectivity index (χ3n) is 5.11. The van der Waals surface area contributed by atoms with Crippen LogP contribution in [0.4, 0.5) is 0 Å². The molecule has 2 aliphatic heterocycles. The monoisotopic (exact) mass is 303 g/mol. The first-order valence-corrected chi connectivity index (χ1v) is 8.18. The van der Waals surface area contributed by atoms with Gasteiger partial charge in [-0.15, -0.1) is 0 Å². The van der Waals surface area contributed by atoms with E-state index >= 15 is 0 Å². The zero-order valence-electron chi connectivity index (χ0n) is 13.5. The summed E-state index contributed by atoms with van der Waals surface area (Å²) in [6, 6.07) is 8.71. The Morgan fingerprint density at radius 2 is 1.86 bits per heavy atom. The van der Waals surface area contributed by atoms with Gasteiger partial charge in [0.05, 0.1) is 13.2 Å². The summed E-state index contributed by atoms with van der Waals surface area (Å²) in [5, 5.41) is 0. The molecule has 1 unspecified atom stereocenters. The van der Waals surface area contributed by atoms with Crippen LogP contribution >= 0.6 is 0 Å². The number of hydrogen-bond acceptors (Lipinski definition) is 3. The normalized spacial score (nSPS) is 27.0. The Hall–Kier alpha value is -1.55. The Labute approximate surface area is 132 Å². The number of fused-ring (bicyclic) bond motifs is 2. The van der Waals surface area contributed by atoms with E-state index in [9.17, 15) is 4.79 Å². The molecule has 0 aliphatic carbocycles. The zero-order chi connectivity index (χ0) is 15.5. The number of aryl methyl sites for hydroxylation is 1. The SMILES string of the molecule is COc1ccccc1CCC(=O)N1[C@@H]2CC[C@H]1CC(OC)C2. The number of benzene rings is 1. The molecule has 3 atom stereocenters. The van der Waals surface area contributed by atoms with E-state index in [2.05, 4.69) is 4.90 Å². The van der Waals surface area contributed by atoms with Gasteiger partial charge in [0.15, 0.2) is 0 Å². The fourth-order valence-electron chi connectivity index (χ4n) is 4.01. The van der Waals surface area contributed by atoms with Gasteiger partial charge in [-0.3, -0.25) is 4.79 Å². The second kappa shape index (κ2) is 6.69. The molecule has 2 bridgehead atoms. The third kappa shape index (κ3) is 2.98. The summed E-state index contributed by atoms with van der Waals surface area (Å²) in [6.45, 7) is 0. The first-order valence-electron chi connectivity index (χ1n) is 8.18. The smallest absolute Gasteiger partial charge is 0.223 e. The number of carbonyl (C=O) groups is 1. The highest BCUT2D eigenvalue weighted by Gasteiger charge is 2.42. The second-order valence-corrected chi connectivity index (χ2v) is 6.33. The molecule has 2 aliphatic rings. The molecule has 0 saturated carbocycles. The quantitative estimate of drug-likeness (QED) is 0.839. The molecule has 0 N–H and O–H groups in total. The molecule has 0 radical (unpaired) electrons. The maximum atomic E-state index is 12.7. The number of carbonyl (C=O) groups excluding carboxylic acids is 1. The highest BCUT2D eigenvalue weighted by Crippen LogP contribution is 2.37. The summed E-state index contributed by atoms with van der Waals surface area (Å²) < 4.78 is 10.9. The van der Waals surface area contributed by atoms with Crippen LogP contribution in [0.15, 0.2) is 24.3 Å². The molecule has 2 saturated heterocycles. The summed E-state index contributed by atoms with van der Waals surface area (Å²) in [5.74, 6) is 1.16. The standard InChI is InChI=1S/C18H25NO3/c1-21-16-11-14-8-9-15(12-16)19(14)18(20)10-7-13-5-3-4-6-17(13)22-2/h3-6,14-16H,7-12H2,1-2H3/t14-,15+,16?. The van der Waals surface area contributed by atoms with Gasteiger partial charge in [-0.05, 0) is 43.7 Å². The van der Waals surface area contributed by atoms with E-state index < -0.39 is 0 Å². The van der Waals surface area contributed by atoms with Crippen molar-refractivity contribution < 1.29 is 14.3 Å². The summed E-state index contributed by atoms with van der Waals surface area (Å²) in [6.07, 6.45) is 5.88. The van der Waals surface area contributed by atoms with Gasteiger partial charge in [-0.1, -0.05) is 18.2 Å². The number of rotatable bonds is 5. The van der Waals surface area contributed by atoms with Crippen LogP contribution < -0.4 is 4.74 Å². The Bertz CT molecular complexity index is 517. The number of para-hydroxylation sites is 1. The Kier molecular flexibility index (Phi) is 4.67. The predicted octanol–water partition coefficient (Wildman–Crippen LogP) is 2.80. The minimum Gasteiger partial charge on any atom is -0.496 e. The van der Waals surface area contributed by atoms with Crippen LogP contribution in [0.1, 0.15) is 37.7 Å². The molecule has 2 heterocycles. The van der Waals surface area contributed by atoms with Crippen molar-refractivity contribution in [1.82, 2.24) is 4.90 Å². The maximum absolute atomic E-state index is 12.7. The van der Waals surface area contributed by atoms with Crippen LogP contribution in [0.3, 0.4) is 0 Å². The van der Waals surface area contributed by atoms with Gasteiger partial charge in [0.25, 0.3) is 0 Å². The topological polar surface area (TPSA) is 38.8 Å². The second-order valence-electron chi connectivity index (χ2n) is 6.33. The molecule has 4 heteroatoms. The van der Waals surface area contributed by atoms with Gasteiger partial charge in [-0.25, -0.2) is 0 Å². The molecule has 1 aromatic rings. The molecule has 22 heavy (non-hydrogen) atoms. The van der Waals surface area contributed by atoms with E-state index in [1.165, 1.54) is 0 Å². The van der Waals surface area contributed by atoms with Gasteiger partial charge in [0.2, 0.25) is 5.91 Å². The molecule has 3 rings (SSSR count). The van der Waals surface area contributed by atoms with Gasteiger partial charge >= 0.3 is 0 Å². The van der Waals surface area contributed by atoms with Crippen molar-refractivity contribution in [1.29, 1.82) is 0 Å². The van der Waals surface area contributed by atoms with Gasteiger partial charge < -0.3 is 14.4 Å². The lowest BCUT2D eigenvalue weighted by Crippen LogP contribution is -2.48. The van der Waals surface area contributed by atoms with Crippen molar-refractivity contribution in [2.45, 2.75) is 56.7 Å². The molecular weight excluding hydrogens is 278 g/mol. The molecule has 120 valence electrons. The Balaban J connectivity index is 1.61. The molecular formula is C18H25NO3. The Morgan fingerprint density at radius 1 is 1.18 bits per heavy atom. The Morgan fingerprint density at radius 3 is 2.50 bits per heavy atom. The number of hydrogen-bond donors (Lipinski definition) is 0. The van der Waals surface area contributed by atoms with Gasteiger partial charge in [0, 0.05) is 25.6 Å². The average Bonchev–Trinajstić information content (AvgIpc) is 2.83. The highest BCUT2D eigenvalue weighted by atomic mass is 16.5. The van der Waals surface area contributed by atoms with Crippen molar-refractivity contribution in [2.75, 3.05) is 14.2 Å². The van der Waals surface area contributed by atoms with Crippen LogP contribution in [-0.2, 0) is 16.0 Å². The van der Waals surface area contributed by atoms with Crippen LogP contribution in [0.25, 0.3) is 0 Å². The molecule has 2 fully saturated rings. The van der Waals surface area contributed by atoms with E-state index in [0.717, 1.165) is 43.4 Å². The van der Waals surface area contributed by atoms with Crippen molar-refractivity contribution in [3.8, 4) is 5.75 Å². The molecule has 0 aromatic heterocycles. The van der Waals surface area contributed by atoms with E-state index in [4.69, 9.17) is 9.47 Å². The van der Waals surface area contributed by atoms with Crippen LogP contribution in [0.2, 0.25) is 0 Å². The maximum Gasteiger partial charge on any atom is 0.223 e. The highest BCUT2D eigenvalue weighted by molar-refractivity contribution is 5.77. The number of nitrogens with zero attached hydrogens (tertiary/aromatic N) is 1. The van der Waals surface area contributed by atoms with E-state index in [1.54, 1.807) is 14.2 Å². The number of ether oxygens (including phenoxy) is 2. The minimum atomic E-state index is 0.285. The molecule has 4 nitrogen and oxygen atoms in total. The van der Waals surface area contributed by atoms with Gasteiger partial charge in [0.1, 0.15) is 5.75 Å². The summed E-state index contributed by atoms with van der Waals surface area (Å²) in [4.78, 5) is 14.8. The van der Waals surface area contributed by atoms with Crippen molar-refractivity contribution in [2.24, 2.45) is 0 Å². The lowest BCUT2D eigenvalue weighted by atomic mass is 9.98. The number of amides is 1. The molecule has 1 amide bonds. The largest absolute Gasteiger partial charge is 0.496 e. The van der Waals surface area contributed by atoms with Gasteiger partial charge in [-0.2, -0.15) is 0 Å². The van der Waals surface area contributed by atoms with E-state index in [-0.39, 0.29) is 5.91 Å². The molecule has 0 spiro atoms. The lowest BCUT2D eigenvalue weighted by Gasteiger charge is -2.38. The fourth-order valence-corrected chi connectivity index (χ4v) is 4.01. The van der Waals surface area contributed by atoms with Crippen LogP contribution in [0, 0.1) is 0 Å². The fraction of sp³-hybridized carbons (Fsp3) is 0.611. The minimum absolute atomic E-state index is 0.285. The summed E-state index contributed by atoms with van der Waals surface area (Å²) >= 11 is 0. The van der Waals surface area contributed by atoms with Crippen molar-refractivity contribution >= 4 is 5.91 Å². The predicted molar refractivity (Wildman–Crippen MR) is 85.0 cm³/mol. The number of methoxy groups -OCH3 is 2. The van der Waals surface area contributed by atoms with Crippen LogP contribution in [0.5, 0.6) is 5.75 Å². The summed E-state index contributed by atoms with van der Waals surface area (Å²) in [7, 11) is 3.46. The zero-order valence-corrected chi connectivity index (χ0v) is 13.5. The molecule has 1 aromatic carbocycles. The summed E-state index contributed by atoms with van der Waals surface area (Å²) in [5.41, 5.74) is 1.11. The van der Waals surface area contributed by atoms with E-state index in [1.807, 2.05) is 24.3 Å². The average molecular weight is 303 g/mol. The first kappa shape index (κ1) is 15.3. The number of piperidine rings is 1. The van der Waals surface area contributed by atoms with Crippen molar-refractivity contribution in [3.05, 3.63) is 29.8 Å². The van der Waals surface area contributed by atoms with Crippen molar-refractivity contribution in [3.63, 3.8) is 0 Å². The lowest BCUT2D eigenvalue weighted by molar-refractivity contribution is -0.137. The third-order valence-corrected chi connectivity index (χ3v) is 5.11. The van der Waals surface area contributed by atoms with Crippen LogP contribution in [-0.4, -0.2) is 43.2 Å². The van der Waals surface area contributed by atoms with E-state index in [0.29, 0.717) is 24.6 Å².